The monoisotopic (exact) mass is 231 g/mol. The van der Waals surface area contributed by atoms with E-state index in [-0.39, 0.29) is 6.04 Å². The molecule has 0 fully saturated rings. The van der Waals surface area contributed by atoms with Gasteiger partial charge in [-0.05, 0) is 25.0 Å². The van der Waals surface area contributed by atoms with Gasteiger partial charge in [-0.25, -0.2) is 4.98 Å². The van der Waals surface area contributed by atoms with Crippen molar-refractivity contribution in [1.82, 2.24) is 9.38 Å². The number of hydrogen-bond donors (Lipinski definition) is 1. The van der Waals surface area contributed by atoms with Crippen LogP contribution in [0.25, 0.3) is 5.65 Å². The molecule has 0 radical (unpaired) electrons. The van der Waals surface area contributed by atoms with E-state index in [2.05, 4.69) is 23.2 Å². The maximum Gasteiger partial charge on any atom is 0.137 e. The lowest BCUT2D eigenvalue weighted by atomic mass is 9.92. The third kappa shape index (κ3) is 2.07. The predicted molar refractivity (Wildman–Crippen MR) is 70.9 cm³/mol. The third-order valence-electron chi connectivity index (χ3n) is 3.62. The summed E-state index contributed by atoms with van der Waals surface area (Å²) in [6, 6.07) is 6.13. The standard InChI is InChI=1S/C14H21N3/c1-4-11(5-2)13(15)14-10(3)16-12-8-6-7-9-17(12)14/h6-9,11,13H,4-5,15H2,1-3H3. The van der Waals surface area contributed by atoms with E-state index < -0.39 is 0 Å². The van der Waals surface area contributed by atoms with Crippen molar-refractivity contribution in [3.05, 3.63) is 35.8 Å². The van der Waals surface area contributed by atoms with Gasteiger partial charge in [0, 0.05) is 6.20 Å². The van der Waals surface area contributed by atoms with Crippen molar-refractivity contribution in [2.45, 2.75) is 39.7 Å². The number of nitrogens with zero attached hydrogens (tertiary/aromatic N) is 2. The quantitative estimate of drug-likeness (QED) is 0.878. The Balaban J connectivity index is 2.50. The number of aryl methyl sites for hydroxylation is 1. The molecule has 17 heavy (non-hydrogen) atoms. The molecule has 0 aliphatic carbocycles. The Bertz CT molecular complexity index is 497. The molecule has 0 aliphatic heterocycles. The number of nitrogens with two attached hydrogens (primary N) is 1. The van der Waals surface area contributed by atoms with Crippen molar-refractivity contribution in [3.63, 3.8) is 0 Å². The van der Waals surface area contributed by atoms with Crippen LogP contribution in [0.15, 0.2) is 24.4 Å². The highest BCUT2D eigenvalue weighted by atomic mass is 15.0. The summed E-state index contributed by atoms with van der Waals surface area (Å²) in [5, 5.41) is 0. The minimum Gasteiger partial charge on any atom is -0.322 e. The maximum atomic E-state index is 6.41. The second-order valence-corrected chi connectivity index (χ2v) is 4.61. The van der Waals surface area contributed by atoms with Gasteiger partial charge in [0.05, 0.1) is 17.4 Å². The molecule has 2 rings (SSSR count). The first-order valence-electron chi connectivity index (χ1n) is 6.38. The number of aromatic nitrogens is 2. The number of rotatable bonds is 4. The van der Waals surface area contributed by atoms with Gasteiger partial charge in [0.25, 0.3) is 0 Å². The molecule has 0 spiro atoms. The summed E-state index contributed by atoms with van der Waals surface area (Å²) in [5.74, 6) is 0.522. The second-order valence-electron chi connectivity index (χ2n) is 4.61. The maximum absolute atomic E-state index is 6.41. The van der Waals surface area contributed by atoms with Crippen molar-refractivity contribution < 1.29 is 0 Å². The van der Waals surface area contributed by atoms with E-state index in [0.29, 0.717) is 5.92 Å². The zero-order valence-corrected chi connectivity index (χ0v) is 10.9. The number of imidazole rings is 1. The number of fused-ring (bicyclic) bond motifs is 1. The van der Waals surface area contributed by atoms with Crippen LogP contribution in [0.3, 0.4) is 0 Å². The van der Waals surface area contributed by atoms with Gasteiger partial charge >= 0.3 is 0 Å². The highest BCUT2D eigenvalue weighted by molar-refractivity contribution is 5.43. The minimum absolute atomic E-state index is 0.0717. The molecular weight excluding hydrogens is 210 g/mol. The van der Waals surface area contributed by atoms with E-state index in [1.54, 1.807) is 0 Å². The summed E-state index contributed by atoms with van der Waals surface area (Å²) in [6.07, 6.45) is 4.27. The van der Waals surface area contributed by atoms with E-state index in [4.69, 9.17) is 5.73 Å². The van der Waals surface area contributed by atoms with Crippen LogP contribution in [-0.2, 0) is 0 Å². The molecule has 3 nitrogen and oxygen atoms in total. The first-order valence-corrected chi connectivity index (χ1v) is 6.38. The zero-order chi connectivity index (χ0) is 12.4. The summed E-state index contributed by atoms with van der Waals surface area (Å²) in [7, 11) is 0. The summed E-state index contributed by atoms with van der Waals surface area (Å²) >= 11 is 0. The van der Waals surface area contributed by atoms with Crippen LogP contribution < -0.4 is 5.73 Å². The Labute approximate surface area is 103 Å². The number of pyridine rings is 1. The molecule has 3 heteroatoms. The van der Waals surface area contributed by atoms with Crippen molar-refractivity contribution in [2.75, 3.05) is 0 Å². The Morgan fingerprint density at radius 2 is 2.00 bits per heavy atom. The molecule has 92 valence electrons. The average molecular weight is 231 g/mol. The first kappa shape index (κ1) is 12.1. The van der Waals surface area contributed by atoms with Gasteiger partial charge in [0.2, 0.25) is 0 Å². The van der Waals surface area contributed by atoms with Crippen LogP contribution in [-0.4, -0.2) is 9.38 Å². The molecule has 0 aromatic carbocycles. The van der Waals surface area contributed by atoms with Crippen molar-refractivity contribution in [2.24, 2.45) is 11.7 Å². The first-order chi connectivity index (χ1) is 8.19. The van der Waals surface area contributed by atoms with Gasteiger partial charge in [0.15, 0.2) is 0 Å². The predicted octanol–water partition coefficient (Wildman–Crippen LogP) is 3.08. The molecule has 2 aromatic heterocycles. The molecule has 0 amide bonds. The molecule has 2 heterocycles. The van der Waals surface area contributed by atoms with E-state index in [1.165, 1.54) is 0 Å². The van der Waals surface area contributed by atoms with Crippen molar-refractivity contribution >= 4 is 5.65 Å². The lowest BCUT2D eigenvalue weighted by molar-refractivity contribution is 0.396. The molecule has 0 bridgehead atoms. The fourth-order valence-corrected chi connectivity index (χ4v) is 2.55. The summed E-state index contributed by atoms with van der Waals surface area (Å²) in [5.41, 5.74) is 9.61. The van der Waals surface area contributed by atoms with Crippen LogP contribution in [0.4, 0.5) is 0 Å². The lowest BCUT2D eigenvalue weighted by Crippen LogP contribution is -2.22. The Morgan fingerprint density at radius 3 is 2.65 bits per heavy atom. The third-order valence-corrected chi connectivity index (χ3v) is 3.62. The Hall–Kier alpha value is -1.35. The fourth-order valence-electron chi connectivity index (χ4n) is 2.55. The van der Waals surface area contributed by atoms with Crippen molar-refractivity contribution in [3.8, 4) is 0 Å². The molecule has 1 unspecified atom stereocenters. The van der Waals surface area contributed by atoms with Crippen molar-refractivity contribution in [1.29, 1.82) is 0 Å². The van der Waals surface area contributed by atoms with Gasteiger partial charge in [0.1, 0.15) is 5.65 Å². The molecule has 2 N–H and O–H groups in total. The summed E-state index contributed by atoms with van der Waals surface area (Å²) < 4.78 is 2.12. The molecular formula is C14H21N3. The smallest absolute Gasteiger partial charge is 0.137 e. The topological polar surface area (TPSA) is 43.3 Å². The fraction of sp³-hybridized carbons (Fsp3) is 0.500. The van der Waals surface area contributed by atoms with E-state index in [9.17, 15) is 0 Å². The molecule has 1 atom stereocenters. The van der Waals surface area contributed by atoms with E-state index in [1.807, 2.05) is 31.3 Å². The average Bonchev–Trinajstić information content (AvgIpc) is 2.66. The molecule has 2 aromatic rings. The van der Waals surface area contributed by atoms with E-state index >= 15 is 0 Å². The Morgan fingerprint density at radius 1 is 1.29 bits per heavy atom. The molecule has 0 saturated carbocycles. The van der Waals surface area contributed by atoms with Gasteiger partial charge in [-0.2, -0.15) is 0 Å². The lowest BCUT2D eigenvalue weighted by Gasteiger charge is -2.21. The minimum atomic E-state index is 0.0717. The molecule has 0 aliphatic rings. The highest BCUT2D eigenvalue weighted by Gasteiger charge is 2.21. The Kier molecular flexibility index (Phi) is 3.48. The SMILES string of the molecule is CCC(CC)C(N)c1c(C)nc2ccccn12. The number of hydrogen-bond acceptors (Lipinski definition) is 2. The molecule has 0 saturated heterocycles. The summed E-state index contributed by atoms with van der Waals surface area (Å²) in [4.78, 5) is 4.57. The van der Waals surface area contributed by atoms with Gasteiger partial charge < -0.3 is 10.1 Å². The largest absolute Gasteiger partial charge is 0.322 e. The highest BCUT2D eigenvalue weighted by Crippen LogP contribution is 2.27. The van der Waals surface area contributed by atoms with Crippen LogP contribution in [0, 0.1) is 12.8 Å². The normalized spacial score (nSPS) is 13.5. The second kappa shape index (κ2) is 4.88. The van der Waals surface area contributed by atoms with Crippen LogP contribution in [0.1, 0.15) is 44.1 Å². The van der Waals surface area contributed by atoms with E-state index in [0.717, 1.165) is 29.9 Å². The van der Waals surface area contributed by atoms with Gasteiger partial charge in [-0.3, -0.25) is 0 Å². The van der Waals surface area contributed by atoms with Crippen LogP contribution in [0.5, 0.6) is 0 Å². The van der Waals surface area contributed by atoms with Gasteiger partial charge in [-0.1, -0.05) is 32.8 Å². The zero-order valence-electron chi connectivity index (χ0n) is 10.9. The van der Waals surface area contributed by atoms with Crippen LogP contribution in [0.2, 0.25) is 0 Å². The van der Waals surface area contributed by atoms with Gasteiger partial charge in [-0.15, -0.1) is 0 Å². The van der Waals surface area contributed by atoms with Crippen LogP contribution >= 0.6 is 0 Å². The summed E-state index contributed by atoms with van der Waals surface area (Å²) in [6.45, 7) is 6.45.